The van der Waals surface area contributed by atoms with E-state index in [4.69, 9.17) is 5.11 Å². The Balaban J connectivity index is 4.77. The molecule has 0 bridgehead atoms. The summed E-state index contributed by atoms with van der Waals surface area (Å²) in [6, 6.07) is 0. The van der Waals surface area contributed by atoms with Crippen molar-refractivity contribution in [3.05, 3.63) is 11.6 Å². The molecule has 0 aliphatic carbocycles. The summed E-state index contributed by atoms with van der Waals surface area (Å²) >= 11 is 0. The molecule has 1 nitrogen and oxygen atoms in total. The summed E-state index contributed by atoms with van der Waals surface area (Å²) in [5, 5.41) is 8.79. The molecule has 0 saturated heterocycles. The summed E-state index contributed by atoms with van der Waals surface area (Å²) in [4.78, 5) is 0. The van der Waals surface area contributed by atoms with Gasteiger partial charge in [0.2, 0.25) is 0 Å². The minimum atomic E-state index is -4.28. The van der Waals surface area contributed by atoms with E-state index in [1.165, 1.54) is 6.92 Å². The van der Waals surface area contributed by atoms with Gasteiger partial charge in [0.15, 0.2) is 0 Å². The second-order valence-electron chi connectivity index (χ2n) is 3.67. The fourth-order valence-corrected chi connectivity index (χ4v) is 0.902. The second-order valence-corrected chi connectivity index (χ2v) is 3.67. The number of aliphatic hydroxyl groups excluding tert-OH is 1. The zero-order valence-corrected chi connectivity index (χ0v) is 8.07. The molecule has 0 amide bonds. The Morgan fingerprint density at radius 3 is 2.00 bits per heavy atom. The van der Waals surface area contributed by atoms with Gasteiger partial charge in [0.1, 0.15) is 0 Å². The number of hydrogen-bond donors (Lipinski definition) is 1. The molecular weight excluding hydrogens is 181 g/mol. The predicted molar refractivity (Wildman–Crippen MR) is 45.3 cm³/mol. The summed E-state index contributed by atoms with van der Waals surface area (Å²) in [5.74, 6) is 0. The van der Waals surface area contributed by atoms with Crippen LogP contribution >= 0.6 is 0 Å². The Kier molecular flexibility index (Phi) is 3.97. The fraction of sp³-hybridized carbons (Fsp3) is 0.778. The molecule has 0 unspecified atom stereocenters. The third-order valence-corrected chi connectivity index (χ3v) is 1.72. The van der Waals surface area contributed by atoms with Crippen molar-refractivity contribution in [1.82, 2.24) is 0 Å². The van der Waals surface area contributed by atoms with Gasteiger partial charge in [0, 0.05) is 11.0 Å². The van der Waals surface area contributed by atoms with Crippen molar-refractivity contribution >= 4 is 0 Å². The van der Waals surface area contributed by atoms with E-state index in [-0.39, 0.29) is 13.0 Å². The van der Waals surface area contributed by atoms with Gasteiger partial charge < -0.3 is 5.11 Å². The van der Waals surface area contributed by atoms with Gasteiger partial charge in [-0.15, -0.1) is 0 Å². The van der Waals surface area contributed by atoms with Crippen LogP contribution in [-0.2, 0) is 0 Å². The van der Waals surface area contributed by atoms with Gasteiger partial charge in [-0.3, -0.25) is 0 Å². The van der Waals surface area contributed by atoms with Crippen molar-refractivity contribution in [1.29, 1.82) is 0 Å². The molecule has 0 saturated carbocycles. The van der Waals surface area contributed by atoms with E-state index >= 15 is 0 Å². The van der Waals surface area contributed by atoms with Gasteiger partial charge in [-0.05, 0) is 6.42 Å². The van der Waals surface area contributed by atoms with Crippen molar-refractivity contribution in [2.45, 2.75) is 33.4 Å². The first-order chi connectivity index (χ1) is 5.73. The van der Waals surface area contributed by atoms with Gasteiger partial charge >= 0.3 is 6.18 Å². The smallest absolute Gasteiger partial charge is 0.395 e. The van der Waals surface area contributed by atoms with Crippen molar-refractivity contribution in [2.75, 3.05) is 6.61 Å². The standard InChI is InChI=1S/C9H15F3O/c1-4-7(9(10,11)12)5-8(2,3)6-13/h5,13H,4,6H2,1-3H3/b7-5+. The molecule has 13 heavy (non-hydrogen) atoms. The Morgan fingerprint density at radius 1 is 1.31 bits per heavy atom. The van der Waals surface area contributed by atoms with Gasteiger partial charge in [-0.1, -0.05) is 26.8 Å². The van der Waals surface area contributed by atoms with E-state index in [0.717, 1.165) is 6.08 Å². The largest absolute Gasteiger partial charge is 0.412 e. The van der Waals surface area contributed by atoms with Crippen LogP contribution in [0, 0.1) is 5.41 Å². The van der Waals surface area contributed by atoms with Gasteiger partial charge in [-0.25, -0.2) is 0 Å². The number of halogens is 3. The highest BCUT2D eigenvalue weighted by molar-refractivity contribution is 5.12. The van der Waals surface area contributed by atoms with E-state index in [1.807, 2.05) is 0 Å². The quantitative estimate of drug-likeness (QED) is 0.688. The molecule has 0 atom stereocenters. The zero-order chi connectivity index (χ0) is 10.7. The van der Waals surface area contributed by atoms with E-state index in [2.05, 4.69) is 0 Å². The van der Waals surface area contributed by atoms with E-state index < -0.39 is 17.2 Å². The zero-order valence-electron chi connectivity index (χ0n) is 8.07. The minimum absolute atomic E-state index is 0.0626. The number of rotatable bonds is 3. The van der Waals surface area contributed by atoms with Gasteiger partial charge in [0.05, 0.1) is 6.61 Å². The second kappa shape index (κ2) is 4.13. The van der Waals surface area contributed by atoms with E-state index in [1.54, 1.807) is 13.8 Å². The molecular formula is C9H15F3O. The highest BCUT2D eigenvalue weighted by Gasteiger charge is 2.33. The summed E-state index contributed by atoms with van der Waals surface area (Å²) in [7, 11) is 0. The molecule has 0 aromatic heterocycles. The van der Waals surface area contributed by atoms with Crippen LogP contribution in [0.5, 0.6) is 0 Å². The molecule has 78 valence electrons. The maximum absolute atomic E-state index is 12.2. The average molecular weight is 196 g/mol. The lowest BCUT2D eigenvalue weighted by Gasteiger charge is -2.20. The lowest BCUT2D eigenvalue weighted by Crippen LogP contribution is -2.19. The topological polar surface area (TPSA) is 20.2 Å². The first kappa shape index (κ1) is 12.5. The normalized spacial score (nSPS) is 14.8. The molecule has 0 radical (unpaired) electrons. The van der Waals surface area contributed by atoms with Crippen LogP contribution in [0.3, 0.4) is 0 Å². The molecule has 1 N–H and O–H groups in total. The van der Waals surface area contributed by atoms with Crippen molar-refractivity contribution in [3.8, 4) is 0 Å². The molecule has 0 spiro atoms. The van der Waals surface area contributed by atoms with Crippen LogP contribution in [0.25, 0.3) is 0 Å². The molecule has 0 aliphatic heterocycles. The highest BCUT2D eigenvalue weighted by atomic mass is 19.4. The average Bonchev–Trinajstić information content (AvgIpc) is 1.98. The summed E-state index contributed by atoms with van der Waals surface area (Å²) in [6.45, 7) is 4.29. The van der Waals surface area contributed by atoms with Crippen LogP contribution < -0.4 is 0 Å². The molecule has 0 fully saturated rings. The van der Waals surface area contributed by atoms with Crippen molar-refractivity contribution in [2.24, 2.45) is 5.41 Å². The molecule has 0 rings (SSSR count). The SMILES string of the molecule is CC/C(=C\C(C)(C)CO)C(F)(F)F. The van der Waals surface area contributed by atoms with Crippen LogP contribution in [0.15, 0.2) is 11.6 Å². The van der Waals surface area contributed by atoms with E-state index in [9.17, 15) is 13.2 Å². The first-order valence-electron chi connectivity index (χ1n) is 4.12. The molecule has 0 aromatic carbocycles. The maximum atomic E-state index is 12.2. The van der Waals surface area contributed by atoms with Gasteiger partial charge in [0.25, 0.3) is 0 Å². The number of alkyl halides is 3. The Labute approximate surface area is 76.3 Å². The Morgan fingerprint density at radius 2 is 1.77 bits per heavy atom. The first-order valence-corrected chi connectivity index (χ1v) is 4.12. The van der Waals surface area contributed by atoms with E-state index in [0.29, 0.717) is 0 Å². The Bertz CT molecular complexity index is 192. The van der Waals surface area contributed by atoms with Crippen molar-refractivity contribution in [3.63, 3.8) is 0 Å². The monoisotopic (exact) mass is 196 g/mol. The lowest BCUT2D eigenvalue weighted by molar-refractivity contribution is -0.0945. The minimum Gasteiger partial charge on any atom is -0.395 e. The lowest BCUT2D eigenvalue weighted by atomic mass is 9.91. The molecule has 4 heteroatoms. The highest BCUT2D eigenvalue weighted by Crippen LogP contribution is 2.31. The van der Waals surface area contributed by atoms with Crippen LogP contribution in [0.4, 0.5) is 13.2 Å². The van der Waals surface area contributed by atoms with Crippen LogP contribution in [0.2, 0.25) is 0 Å². The summed E-state index contributed by atoms with van der Waals surface area (Å²) in [6.07, 6.45) is -3.25. The van der Waals surface area contributed by atoms with Crippen LogP contribution in [-0.4, -0.2) is 17.9 Å². The Hall–Kier alpha value is -0.510. The summed E-state index contributed by atoms with van der Waals surface area (Å²) < 4.78 is 36.7. The third kappa shape index (κ3) is 4.31. The van der Waals surface area contributed by atoms with Crippen LogP contribution in [0.1, 0.15) is 27.2 Å². The van der Waals surface area contributed by atoms with Gasteiger partial charge in [-0.2, -0.15) is 13.2 Å². The molecule has 0 aromatic rings. The molecule has 0 heterocycles. The molecule has 0 aliphatic rings. The fourth-order valence-electron chi connectivity index (χ4n) is 0.902. The third-order valence-electron chi connectivity index (χ3n) is 1.72. The maximum Gasteiger partial charge on any atom is 0.412 e. The van der Waals surface area contributed by atoms with Crippen molar-refractivity contribution < 1.29 is 18.3 Å². The number of aliphatic hydroxyl groups is 1. The number of hydrogen-bond acceptors (Lipinski definition) is 1. The number of allylic oxidation sites excluding steroid dienone is 1. The predicted octanol–water partition coefficient (Wildman–Crippen LogP) is 2.90. The summed E-state index contributed by atoms with van der Waals surface area (Å²) in [5.41, 5.74) is -1.38.